The molecule has 9 aromatic carbocycles. The molecule has 11 aromatic rings. The van der Waals surface area contributed by atoms with Crippen LogP contribution in [0.5, 0.6) is 0 Å². The van der Waals surface area contributed by atoms with Gasteiger partial charge in [-0.25, -0.2) is 4.98 Å². The zero-order valence-electron chi connectivity index (χ0n) is 47.1. The zero-order valence-corrected chi connectivity index (χ0v) is 47.1. The predicted octanol–water partition coefficient (Wildman–Crippen LogP) is 18.1. The number of oxazole rings is 1. The van der Waals surface area contributed by atoms with E-state index in [2.05, 4.69) is 286 Å². The standard InChI is InChI=1S/C71H67BN4O2/c1-68(2,3)45-25-23-44(24-26-45)67-73-58-43-60-57(42-65(58)78-67)72-56-34-32-53(74(49-19-15-13-16-20-49)50-21-17-14-18-22-50)41-59(56)75(51-30-27-46(28-31-51)69(4,5)6)61-38-48(71(10,11)12)39-62(66(61)72)76(60)52-33-36-64-55(40-52)54-37-47(70(7,8)9)29-35-63(54)77-64/h13-43H,1-12H3. The van der Waals surface area contributed by atoms with Crippen LogP contribution >= 0.6 is 0 Å². The van der Waals surface area contributed by atoms with E-state index in [1.807, 2.05) is 0 Å². The van der Waals surface area contributed by atoms with Gasteiger partial charge in [0.1, 0.15) is 16.7 Å². The fraction of sp³-hybridized carbons (Fsp3) is 0.225. The van der Waals surface area contributed by atoms with Gasteiger partial charge >= 0.3 is 0 Å². The highest BCUT2D eigenvalue weighted by atomic mass is 16.3. The summed E-state index contributed by atoms with van der Waals surface area (Å²) in [5.74, 6) is 0.606. The number of furan rings is 1. The number of aromatic nitrogens is 1. The number of hydrogen-bond acceptors (Lipinski definition) is 6. The van der Waals surface area contributed by atoms with Crippen LogP contribution < -0.4 is 31.1 Å². The SMILES string of the molecule is CC(C)(C)c1ccc(-c2nc3cc4c(cc3o2)B2c3ccc(N(c5ccccc5)c5ccccc5)cc3N(c3ccc(C(C)(C)C)cc3)c3cc(C(C)(C)C)cc(c32)N4c2ccc3oc4ccc(C(C)(C)C)cc4c3c2)cc1. The fourth-order valence-electron chi connectivity index (χ4n) is 11.8. The molecule has 0 fully saturated rings. The van der Waals surface area contributed by atoms with Crippen molar-refractivity contribution in [1.29, 1.82) is 0 Å². The van der Waals surface area contributed by atoms with Gasteiger partial charge in [-0.15, -0.1) is 0 Å². The zero-order chi connectivity index (χ0) is 54.2. The van der Waals surface area contributed by atoms with Gasteiger partial charge in [0.15, 0.2) is 5.58 Å². The van der Waals surface area contributed by atoms with Crippen LogP contribution in [0, 0.1) is 0 Å². The van der Waals surface area contributed by atoms with Crippen LogP contribution in [-0.2, 0) is 21.7 Å². The molecule has 6 nitrogen and oxygen atoms in total. The number of rotatable bonds is 6. The van der Waals surface area contributed by atoms with E-state index in [9.17, 15) is 0 Å². The van der Waals surface area contributed by atoms with Crippen molar-refractivity contribution in [3.05, 3.63) is 210 Å². The second-order valence-corrected chi connectivity index (χ2v) is 25.8. The van der Waals surface area contributed by atoms with E-state index < -0.39 is 0 Å². The van der Waals surface area contributed by atoms with E-state index in [0.717, 1.165) is 95.3 Å². The van der Waals surface area contributed by atoms with Crippen molar-refractivity contribution >= 4 is 107 Å². The third-order valence-corrected chi connectivity index (χ3v) is 16.3. The number of para-hydroxylation sites is 2. The lowest BCUT2D eigenvalue weighted by Gasteiger charge is -2.45. The van der Waals surface area contributed by atoms with E-state index in [4.69, 9.17) is 13.8 Å². The lowest BCUT2D eigenvalue weighted by Crippen LogP contribution is -2.61. The first-order valence-corrected chi connectivity index (χ1v) is 27.6. The first kappa shape index (κ1) is 49.3. The largest absolute Gasteiger partial charge is 0.456 e. The quantitative estimate of drug-likeness (QED) is 0.155. The predicted molar refractivity (Wildman–Crippen MR) is 330 cm³/mol. The maximum atomic E-state index is 6.92. The minimum Gasteiger partial charge on any atom is -0.456 e. The number of fused-ring (bicyclic) bond motifs is 8. The molecule has 0 unspecified atom stereocenters. The molecule has 0 radical (unpaired) electrons. The summed E-state index contributed by atoms with van der Waals surface area (Å²) in [6.07, 6.45) is 0. The monoisotopic (exact) mass is 1020 g/mol. The Balaban J connectivity index is 1.11. The van der Waals surface area contributed by atoms with Crippen molar-refractivity contribution < 1.29 is 8.83 Å². The lowest BCUT2D eigenvalue weighted by atomic mass is 9.33. The van der Waals surface area contributed by atoms with Crippen molar-refractivity contribution in [2.75, 3.05) is 14.7 Å². The van der Waals surface area contributed by atoms with Gasteiger partial charge < -0.3 is 23.5 Å². The number of hydrogen-bond donors (Lipinski definition) is 0. The van der Waals surface area contributed by atoms with E-state index in [0.29, 0.717) is 5.89 Å². The van der Waals surface area contributed by atoms with Gasteiger partial charge in [-0.1, -0.05) is 156 Å². The van der Waals surface area contributed by atoms with Crippen molar-refractivity contribution in [3.63, 3.8) is 0 Å². The average Bonchev–Trinajstić information content (AvgIpc) is 4.07. The van der Waals surface area contributed by atoms with Crippen LogP contribution in [0.25, 0.3) is 44.5 Å². The smallest absolute Gasteiger partial charge is 0.252 e. The third kappa shape index (κ3) is 8.29. The maximum absolute atomic E-state index is 6.92. The van der Waals surface area contributed by atoms with Crippen molar-refractivity contribution in [1.82, 2.24) is 4.98 Å². The molecule has 386 valence electrons. The number of nitrogens with zero attached hydrogens (tertiary/aromatic N) is 4. The molecule has 0 saturated carbocycles. The molecule has 0 N–H and O–H groups in total. The van der Waals surface area contributed by atoms with Crippen molar-refractivity contribution in [2.45, 2.75) is 105 Å². The highest BCUT2D eigenvalue weighted by Gasteiger charge is 2.45. The normalized spacial score (nSPS) is 13.6. The Bertz CT molecular complexity index is 4090. The Labute approximate surface area is 460 Å². The summed E-state index contributed by atoms with van der Waals surface area (Å²) in [4.78, 5) is 12.7. The molecular formula is C71H67BN4O2. The van der Waals surface area contributed by atoms with Gasteiger partial charge in [-0.3, -0.25) is 0 Å². The second-order valence-electron chi connectivity index (χ2n) is 25.8. The molecule has 0 aliphatic carbocycles. The molecule has 2 aliphatic heterocycles. The minimum atomic E-state index is -0.212. The van der Waals surface area contributed by atoms with E-state index in [1.165, 1.54) is 33.2 Å². The van der Waals surface area contributed by atoms with Gasteiger partial charge in [0.05, 0.1) is 0 Å². The Morgan fingerprint density at radius 2 is 0.897 bits per heavy atom. The molecular weight excluding hydrogens is 952 g/mol. The molecule has 78 heavy (non-hydrogen) atoms. The Hall–Kier alpha value is -8.29. The average molecular weight is 1020 g/mol. The third-order valence-electron chi connectivity index (χ3n) is 16.3. The van der Waals surface area contributed by atoms with Crippen LogP contribution in [-0.4, -0.2) is 11.7 Å². The topological polar surface area (TPSA) is 48.9 Å². The summed E-state index contributed by atoms with van der Waals surface area (Å²) in [5, 5.41) is 2.20. The van der Waals surface area contributed by atoms with Crippen LogP contribution in [0.3, 0.4) is 0 Å². The van der Waals surface area contributed by atoms with E-state index >= 15 is 0 Å². The molecule has 7 heteroatoms. The number of anilines is 9. The molecule has 0 spiro atoms. The highest BCUT2D eigenvalue weighted by Crippen LogP contribution is 2.49. The van der Waals surface area contributed by atoms with Gasteiger partial charge in [-0.2, -0.15) is 0 Å². The Kier molecular flexibility index (Phi) is 11.1. The molecule has 13 rings (SSSR count). The second kappa shape index (κ2) is 17.6. The van der Waals surface area contributed by atoms with Crippen LogP contribution in [0.15, 0.2) is 197 Å². The summed E-state index contributed by atoms with van der Waals surface area (Å²) >= 11 is 0. The maximum Gasteiger partial charge on any atom is 0.252 e. The molecule has 0 atom stereocenters. The van der Waals surface area contributed by atoms with E-state index in [1.54, 1.807) is 0 Å². The van der Waals surface area contributed by atoms with Gasteiger partial charge in [0.25, 0.3) is 6.71 Å². The number of benzene rings is 9. The van der Waals surface area contributed by atoms with Crippen LogP contribution in [0.4, 0.5) is 51.2 Å². The highest BCUT2D eigenvalue weighted by molar-refractivity contribution is 7.00. The molecule has 0 bridgehead atoms. The summed E-state index contributed by atoms with van der Waals surface area (Å²) in [7, 11) is 0. The van der Waals surface area contributed by atoms with Crippen molar-refractivity contribution in [3.8, 4) is 11.5 Å². The summed E-state index contributed by atoms with van der Waals surface area (Å²) in [6, 6.07) is 69.5. The summed E-state index contributed by atoms with van der Waals surface area (Å²) in [6.45, 7) is 27.2. The lowest BCUT2D eigenvalue weighted by molar-refractivity contribution is 0.589. The van der Waals surface area contributed by atoms with Crippen LogP contribution in [0.2, 0.25) is 0 Å². The molecule has 4 heterocycles. The molecule has 2 aromatic heterocycles. The first-order chi connectivity index (χ1) is 37.2. The Morgan fingerprint density at radius 3 is 1.49 bits per heavy atom. The van der Waals surface area contributed by atoms with Gasteiger partial charge in [0.2, 0.25) is 5.89 Å². The van der Waals surface area contributed by atoms with Gasteiger partial charge in [-0.05, 0) is 176 Å². The minimum absolute atomic E-state index is 0.0183. The molecule has 0 saturated heterocycles. The molecule has 2 aliphatic rings. The summed E-state index contributed by atoms with van der Waals surface area (Å²) < 4.78 is 13.5. The molecule has 0 amide bonds. The first-order valence-electron chi connectivity index (χ1n) is 27.6. The van der Waals surface area contributed by atoms with Crippen molar-refractivity contribution in [2.24, 2.45) is 0 Å². The summed E-state index contributed by atoms with van der Waals surface area (Å²) in [5.41, 5.74) is 22.6. The van der Waals surface area contributed by atoms with Crippen LogP contribution in [0.1, 0.15) is 105 Å². The van der Waals surface area contributed by atoms with E-state index in [-0.39, 0.29) is 28.4 Å². The fourth-order valence-corrected chi connectivity index (χ4v) is 11.8. The Morgan fingerprint density at radius 1 is 0.385 bits per heavy atom. The van der Waals surface area contributed by atoms with Gasteiger partial charge in [0, 0.05) is 67.5 Å².